The van der Waals surface area contributed by atoms with Crippen molar-refractivity contribution in [2.75, 3.05) is 0 Å². The Balaban J connectivity index is 2.63. The molecule has 0 aliphatic heterocycles. The molecule has 15 heavy (non-hydrogen) atoms. The highest BCUT2D eigenvalue weighted by molar-refractivity contribution is 6.31. The van der Waals surface area contributed by atoms with E-state index in [1.54, 1.807) is 12.4 Å². The number of halogens is 1. The van der Waals surface area contributed by atoms with Crippen LogP contribution in [0.3, 0.4) is 0 Å². The Morgan fingerprint density at radius 3 is 2.87 bits per heavy atom. The van der Waals surface area contributed by atoms with Gasteiger partial charge in [-0.25, -0.2) is 4.98 Å². The van der Waals surface area contributed by atoms with Crippen LogP contribution in [0.1, 0.15) is 13.8 Å². The highest BCUT2D eigenvalue weighted by Crippen LogP contribution is 2.30. The second-order valence-electron chi connectivity index (χ2n) is 3.49. The number of pyridine rings is 2. The molecule has 0 amide bonds. The largest absolute Gasteiger partial charge is 0.485 e. The first-order chi connectivity index (χ1) is 7.18. The molecule has 2 heterocycles. The number of ether oxygens (including phenoxy) is 1. The lowest BCUT2D eigenvalue weighted by molar-refractivity contribution is 0.244. The first-order valence-electron chi connectivity index (χ1n) is 4.74. The Morgan fingerprint density at radius 2 is 2.13 bits per heavy atom. The fourth-order valence-electron chi connectivity index (χ4n) is 1.33. The normalized spacial score (nSPS) is 10.9. The summed E-state index contributed by atoms with van der Waals surface area (Å²) in [6.45, 7) is 3.89. The Morgan fingerprint density at radius 1 is 1.33 bits per heavy atom. The van der Waals surface area contributed by atoms with Gasteiger partial charge in [0.25, 0.3) is 0 Å². The summed E-state index contributed by atoms with van der Waals surface area (Å²) in [5.41, 5.74) is 0.756. The maximum absolute atomic E-state index is 5.97. The van der Waals surface area contributed by atoms with Crippen LogP contribution in [0, 0.1) is 0 Å². The van der Waals surface area contributed by atoms with E-state index < -0.39 is 0 Å². The van der Waals surface area contributed by atoms with E-state index in [-0.39, 0.29) is 6.10 Å². The van der Waals surface area contributed by atoms with Gasteiger partial charge < -0.3 is 4.74 Å². The minimum atomic E-state index is 0.0527. The summed E-state index contributed by atoms with van der Waals surface area (Å²) >= 11 is 5.97. The quantitative estimate of drug-likeness (QED) is 0.733. The summed E-state index contributed by atoms with van der Waals surface area (Å²) in [5.74, 6) is 0.560. The average Bonchev–Trinajstić information content (AvgIpc) is 2.22. The summed E-state index contributed by atoms with van der Waals surface area (Å²) < 4.78 is 5.60. The van der Waals surface area contributed by atoms with Crippen LogP contribution in [-0.4, -0.2) is 16.1 Å². The minimum Gasteiger partial charge on any atom is -0.485 e. The van der Waals surface area contributed by atoms with E-state index in [1.165, 1.54) is 0 Å². The summed E-state index contributed by atoms with van der Waals surface area (Å²) in [6.07, 6.45) is 3.46. The fourth-order valence-corrected chi connectivity index (χ4v) is 1.52. The molecular formula is C11H11ClN2O. The van der Waals surface area contributed by atoms with Crippen LogP contribution >= 0.6 is 11.6 Å². The van der Waals surface area contributed by atoms with E-state index in [1.807, 2.05) is 26.0 Å². The maximum Gasteiger partial charge on any atom is 0.183 e. The molecule has 0 atom stereocenters. The Bertz CT molecular complexity index is 485. The molecule has 0 spiro atoms. The van der Waals surface area contributed by atoms with Crippen molar-refractivity contribution in [3.63, 3.8) is 0 Å². The van der Waals surface area contributed by atoms with Crippen LogP contribution in [0.15, 0.2) is 24.5 Å². The monoisotopic (exact) mass is 222 g/mol. The van der Waals surface area contributed by atoms with Gasteiger partial charge in [-0.15, -0.1) is 0 Å². The first-order valence-corrected chi connectivity index (χ1v) is 5.12. The summed E-state index contributed by atoms with van der Waals surface area (Å²) in [4.78, 5) is 8.31. The van der Waals surface area contributed by atoms with Gasteiger partial charge >= 0.3 is 0 Å². The predicted octanol–water partition coefficient (Wildman–Crippen LogP) is 3.07. The van der Waals surface area contributed by atoms with Crippen molar-refractivity contribution in [3.05, 3.63) is 29.7 Å². The molecule has 0 radical (unpaired) electrons. The van der Waals surface area contributed by atoms with Gasteiger partial charge in [0.1, 0.15) is 5.52 Å². The number of hydrogen-bond acceptors (Lipinski definition) is 3. The minimum absolute atomic E-state index is 0.0527. The lowest BCUT2D eigenvalue weighted by atomic mass is 10.2. The first kappa shape index (κ1) is 10.2. The molecular weight excluding hydrogens is 212 g/mol. The summed E-state index contributed by atoms with van der Waals surface area (Å²) in [6, 6.07) is 3.79. The number of aromatic nitrogens is 2. The smallest absolute Gasteiger partial charge is 0.183 e. The third-order valence-electron chi connectivity index (χ3n) is 1.91. The van der Waals surface area contributed by atoms with Crippen LogP contribution in [0.5, 0.6) is 5.75 Å². The molecule has 0 N–H and O–H groups in total. The zero-order chi connectivity index (χ0) is 10.8. The average molecular weight is 223 g/mol. The van der Waals surface area contributed by atoms with Crippen molar-refractivity contribution >= 4 is 22.5 Å². The van der Waals surface area contributed by atoms with Gasteiger partial charge in [-0.3, -0.25) is 4.98 Å². The Kier molecular flexibility index (Phi) is 2.73. The zero-order valence-corrected chi connectivity index (χ0v) is 9.32. The molecule has 0 fully saturated rings. The van der Waals surface area contributed by atoms with E-state index in [0.717, 1.165) is 10.9 Å². The van der Waals surface area contributed by atoms with E-state index >= 15 is 0 Å². The van der Waals surface area contributed by atoms with Gasteiger partial charge in [-0.05, 0) is 26.0 Å². The summed E-state index contributed by atoms with van der Waals surface area (Å²) in [7, 11) is 0. The van der Waals surface area contributed by atoms with Crippen molar-refractivity contribution < 1.29 is 4.74 Å². The van der Waals surface area contributed by atoms with Crippen LogP contribution in [0.4, 0.5) is 0 Å². The number of fused-ring (bicyclic) bond motifs is 1. The van der Waals surface area contributed by atoms with Crippen LogP contribution in [0.25, 0.3) is 10.9 Å². The lowest BCUT2D eigenvalue weighted by Crippen LogP contribution is -2.07. The van der Waals surface area contributed by atoms with Crippen LogP contribution in [-0.2, 0) is 0 Å². The Hall–Kier alpha value is -1.35. The molecule has 78 valence electrons. The molecule has 3 nitrogen and oxygen atoms in total. The third-order valence-corrected chi connectivity index (χ3v) is 2.18. The molecule has 0 unspecified atom stereocenters. The molecule has 0 saturated heterocycles. The van der Waals surface area contributed by atoms with E-state index in [0.29, 0.717) is 10.9 Å². The van der Waals surface area contributed by atoms with Crippen molar-refractivity contribution in [1.29, 1.82) is 0 Å². The van der Waals surface area contributed by atoms with Gasteiger partial charge in [0, 0.05) is 17.8 Å². The predicted molar refractivity (Wildman–Crippen MR) is 60.3 cm³/mol. The lowest BCUT2D eigenvalue weighted by Gasteiger charge is -2.12. The van der Waals surface area contributed by atoms with E-state index in [9.17, 15) is 0 Å². The van der Waals surface area contributed by atoms with Gasteiger partial charge in [0.2, 0.25) is 0 Å². The van der Waals surface area contributed by atoms with Crippen molar-refractivity contribution in [3.8, 4) is 5.75 Å². The molecule has 2 aromatic rings. The Labute approximate surface area is 93.1 Å². The molecule has 2 aromatic heterocycles. The highest BCUT2D eigenvalue weighted by atomic mass is 35.5. The van der Waals surface area contributed by atoms with Crippen LogP contribution in [0.2, 0.25) is 5.15 Å². The standard InChI is InChI=1S/C11H11ClN2O/c1-7(2)15-10-9-8(4-3-5-13-9)6-14-11(10)12/h3-7H,1-2H3. The number of nitrogens with zero attached hydrogens (tertiary/aromatic N) is 2. The van der Waals surface area contributed by atoms with E-state index in [4.69, 9.17) is 16.3 Å². The van der Waals surface area contributed by atoms with Gasteiger partial charge in [-0.2, -0.15) is 0 Å². The zero-order valence-electron chi connectivity index (χ0n) is 8.57. The van der Waals surface area contributed by atoms with Gasteiger partial charge in [0.05, 0.1) is 6.10 Å². The molecule has 0 aromatic carbocycles. The molecule has 0 aliphatic carbocycles. The summed E-state index contributed by atoms with van der Waals surface area (Å²) in [5, 5.41) is 1.28. The fraction of sp³-hybridized carbons (Fsp3) is 0.273. The molecule has 4 heteroatoms. The highest BCUT2D eigenvalue weighted by Gasteiger charge is 2.11. The second kappa shape index (κ2) is 4.03. The third kappa shape index (κ3) is 2.02. The molecule has 2 rings (SSSR count). The number of hydrogen-bond donors (Lipinski definition) is 0. The van der Waals surface area contributed by atoms with Crippen LogP contribution < -0.4 is 4.74 Å². The van der Waals surface area contributed by atoms with Gasteiger partial charge in [-0.1, -0.05) is 11.6 Å². The molecule has 0 saturated carbocycles. The second-order valence-corrected chi connectivity index (χ2v) is 3.84. The van der Waals surface area contributed by atoms with Crippen molar-refractivity contribution in [2.45, 2.75) is 20.0 Å². The number of rotatable bonds is 2. The topological polar surface area (TPSA) is 35.0 Å². The van der Waals surface area contributed by atoms with E-state index in [2.05, 4.69) is 9.97 Å². The SMILES string of the molecule is CC(C)Oc1c(Cl)ncc2cccnc12. The molecule has 0 bridgehead atoms. The van der Waals surface area contributed by atoms with Crippen molar-refractivity contribution in [2.24, 2.45) is 0 Å². The molecule has 0 aliphatic rings. The van der Waals surface area contributed by atoms with Gasteiger partial charge in [0.15, 0.2) is 10.9 Å². The van der Waals surface area contributed by atoms with Crippen molar-refractivity contribution in [1.82, 2.24) is 9.97 Å². The maximum atomic E-state index is 5.97.